The minimum absolute atomic E-state index is 0.456. The molecule has 0 bridgehead atoms. The molecule has 0 atom stereocenters. The van der Waals surface area contributed by atoms with Crippen LogP contribution in [0, 0.1) is 20.8 Å². The van der Waals surface area contributed by atoms with E-state index in [-0.39, 0.29) is 0 Å². The third kappa shape index (κ3) is 4.34. The summed E-state index contributed by atoms with van der Waals surface area (Å²) in [7, 11) is 3.21. The Hall–Kier alpha value is -4.07. The Kier molecular flexibility index (Phi) is 5.93. The number of aromatic nitrogens is 4. The van der Waals surface area contributed by atoms with Crippen LogP contribution in [-0.2, 0) is 0 Å². The molecule has 0 saturated carbocycles. The van der Waals surface area contributed by atoms with Gasteiger partial charge in [0, 0.05) is 23.5 Å². The van der Waals surface area contributed by atoms with Gasteiger partial charge in [0.05, 0.1) is 25.6 Å². The molecule has 0 unspecified atom stereocenters. The van der Waals surface area contributed by atoms with Crippen molar-refractivity contribution in [2.24, 2.45) is 0 Å². The number of methoxy groups -OCH3 is 2. The zero-order chi connectivity index (χ0) is 22.7. The van der Waals surface area contributed by atoms with Crippen molar-refractivity contribution in [1.29, 1.82) is 0 Å². The smallest absolute Gasteiger partial charge is 0.229 e. The SMILES string of the molecule is COc1ccc(Nc2nccc(Nc3c(C)c(C)nn3-c3ccc(C)cc3)n2)cc1OC. The van der Waals surface area contributed by atoms with E-state index in [2.05, 4.69) is 51.8 Å². The molecule has 2 aromatic heterocycles. The maximum absolute atomic E-state index is 5.37. The molecule has 32 heavy (non-hydrogen) atoms. The van der Waals surface area contributed by atoms with Crippen molar-refractivity contribution in [2.45, 2.75) is 20.8 Å². The molecule has 0 aliphatic carbocycles. The molecule has 8 heteroatoms. The third-order valence-corrected chi connectivity index (χ3v) is 5.18. The predicted molar refractivity (Wildman–Crippen MR) is 126 cm³/mol. The van der Waals surface area contributed by atoms with Crippen LogP contribution in [0.25, 0.3) is 5.69 Å². The molecule has 0 radical (unpaired) electrons. The monoisotopic (exact) mass is 430 g/mol. The summed E-state index contributed by atoms with van der Waals surface area (Å²) >= 11 is 0. The summed E-state index contributed by atoms with van der Waals surface area (Å²) in [6.07, 6.45) is 1.70. The number of aryl methyl sites for hydroxylation is 2. The van der Waals surface area contributed by atoms with Gasteiger partial charge in [0.1, 0.15) is 11.6 Å². The first kappa shape index (κ1) is 21.2. The van der Waals surface area contributed by atoms with Crippen LogP contribution >= 0.6 is 0 Å². The summed E-state index contributed by atoms with van der Waals surface area (Å²) in [6, 6.07) is 15.6. The summed E-state index contributed by atoms with van der Waals surface area (Å²) < 4.78 is 12.6. The highest BCUT2D eigenvalue weighted by Gasteiger charge is 2.14. The Balaban J connectivity index is 1.61. The van der Waals surface area contributed by atoms with Crippen LogP contribution in [0.5, 0.6) is 11.5 Å². The Labute approximate surface area is 187 Å². The number of hydrogen-bond acceptors (Lipinski definition) is 7. The normalized spacial score (nSPS) is 10.7. The van der Waals surface area contributed by atoms with E-state index in [1.54, 1.807) is 20.4 Å². The second-order valence-electron chi connectivity index (χ2n) is 7.39. The first-order valence-corrected chi connectivity index (χ1v) is 10.2. The Morgan fingerprint density at radius 3 is 2.31 bits per heavy atom. The molecule has 0 amide bonds. The lowest BCUT2D eigenvalue weighted by Crippen LogP contribution is -2.06. The molecule has 0 aliphatic heterocycles. The fourth-order valence-electron chi connectivity index (χ4n) is 3.28. The van der Waals surface area contributed by atoms with Gasteiger partial charge in [-0.1, -0.05) is 17.7 Å². The zero-order valence-corrected chi connectivity index (χ0v) is 18.8. The minimum Gasteiger partial charge on any atom is -0.493 e. The first-order chi connectivity index (χ1) is 15.5. The van der Waals surface area contributed by atoms with Crippen molar-refractivity contribution in [1.82, 2.24) is 19.7 Å². The minimum atomic E-state index is 0.456. The van der Waals surface area contributed by atoms with Crippen LogP contribution in [0.15, 0.2) is 54.7 Å². The molecule has 4 aromatic rings. The Morgan fingerprint density at radius 1 is 0.844 bits per heavy atom. The Bertz CT molecular complexity index is 1230. The molecule has 164 valence electrons. The second kappa shape index (κ2) is 8.97. The molecule has 0 fully saturated rings. The van der Waals surface area contributed by atoms with Crippen molar-refractivity contribution < 1.29 is 9.47 Å². The number of rotatable bonds is 7. The first-order valence-electron chi connectivity index (χ1n) is 10.2. The van der Waals surface area contributed by atoms with E-state index in [0.29, 0.717) is 23.3 Å². The van der Waals surface area contributed by atoms with E-state index in [1.165, 1.54) is 5.56 Å². The van der Waals surface area contributed by atoms with Crippen molar-refractivity contribution in [2.75, 3.05) is 24.9 Å². The molecule has 8 nitrogen and oxygen atoms in total. The van der Waals surface area contributed by atoms with E-state index in [0.717, 1.165) is 28.5 Å². The zero-order valence-electron chi connectivity index (χ0n) is 18.8. The third-order valence-electron chi connectivity index (χ3n) is 5.18. The van der Waals surface area contributed by atoms with Crippen LogP contribution in [0.4, 0.5) is 23.3 Å². The fourth-order valence-corrected chi connectivity index (χ4v) is 3.28. The lowest BCUT2D eigenvalue weighted by atomic mass is 10.2. The number of ether oxygens (including phenoxy) is 2. The highest BCUT2D eigenvalue weighted by molar-refractivity contribution is 5.63. The Morgan fingerprint density at radius 2 is 1.59 bits per heavy atom. The molecule has 0 spiro atoms. The highest BCUT2D eigenvalue weighted by atomic mass is 16.5. The maximum Gasteiger partial charge on any atom is 0.229 e. The number of nitrogens with zero attached hydrogens (tertiary/aromatic N) is 4. The van der Waals surface area contributed by atoms with E-state index in [1.807, 2.05) is 42.8 Å². The average molecular weight is 431 g/mol. The van der Waals surface area contributed by atoms with Gasteiger partial charge in [-0.05, 0) is 51.1 Å². The standard InChI is InChI=1S/C24H26N6O2/c1-15-6-9-19(10-7-15)30-23(16(2)17(3)29-30)27-22-12-13-25-24(28-22)26-18-8-11-20(31-4)21(14-18)32-5/h6-14H,1-5H3,(H2,25,26,27,28). The molecule has 0 saturated heterocycles. The molecule has 0 aliphatic rings. The largest absolute Gasteiger partial charge is 0.493 e. The van der Waals surface area contributed by atoms with Gasteiger partial charge in [-0.15, -0.1) is 0 Å². The molecule has 2 aromatic carbocycles. The molecule has 4 rings (SSSR count). The average Bonchev–Trinajstić information content (AvgIpc) is 3.08. The maximum atomic E-state index is 5.37. The van der Waals surface area contributed by atoms with Crippen LogP contribution in [-0.4, -0.2) is 34.0 Å². The van der Waals surface area contributed by atoms with Crippen LogP contribution in [0.2, 0.25) is 0 Å². The number of anilines is 4. The van der Waals surface area contributed by atoms with Crippen molar-refractivity contribution in [3.8, 4) is 17.2 Å². The lowest BCUT2D eigenvalue weighted by molar-refractivity contribution is 0.355. The van der Waals surface area contributed by atoms with E-state index < -0.39 is 0 Å². The van der Waals surface area contributed by atoms with Gasteiger partial charge in [-0.25, -0.2) is 9.67 Å². The van der Waals surface area contributed by atoms with Gasteiger partial charge < -0.3 is 20.1 Å². The van der Waals surface area contributed by atoms with E-state index in [9.17, 15) is 0 Å². The second-order valence-corrected chi connectivity index (χ2v) is 7.39. The van der Waals surface area contributed by atoms with Crippen molar-refractivity contribution in [3.05, 3.63) is 71.5 Å². The van der Waals surface area contributed by atoms with E-state index in [4.69, 9.17) is 14.6 Å². The quantitative estimate of drug-likeness (QED) is 0.422. The van der Waals surface area contributed by atoms with Crippen LogP contribution in [0.1, 0.15) is 16.8 Å². The fraction of sp³-hybridized carbons (Fsp3) is 0.208. The van der Waals surface area contributed by atoms with Crippen LogP contribution in [0.3, 0.4) is 0 Å². The van der Waals surface area contributed by atoms with Gasteiger partial charge in [0.25, 0.3) is 0 Å². The van der Waals surface area contributed by atoms with Gasteiger partial charge in [-0.2, -0.15) is 10.1 Å². The van der Waals surface area contributed by atoms with Gasteiger partial charge >= 0.3 is 0 Å². The number of hydrogen-bond donors (Lipinski definition) is 2. The highest BCUT2D eigenvalue weighted by Crippen LogP contribution is 2.31. The summed E-state index contributed by atoms with van der Waals surface area (Å²) in [4.78, 5) is 8.95. The van der Waals surface area contributed by atoms with Gasteiger partial charge in [0.15, 0.2) is 11.5 Å². The molecule has 2 N–H and O–H groups in total. The molecule has 2 heterocycles. The topological polar surface area (TPSA) is 86.1 Å². The summed E-state index contributed by atoms with van der Waals surface area (Å²) in [5.41, 5.74) is 4.97. The summed E-state index contributed by atoms with van der Waals surface area (Å²) in [6.45, 7) is 6.10. The molecular weight excluding hydrogens is 404 g/mol. The van der Waals surface area contributed by atoms with Crippen molar-refractivity contribution in [3.63, 3.8) is 0 Å². The van der Waals surface area contributed by atoms with Gasteiger partial charge in [-0.3, -0.25) is 0 Å². The van der Waals surface area contributed by atoms with E-state index >= 15 is 0 Å². The summed E-state index contributed by atoms with van der Waals surface area (Å²) in [5, 5.41) is 11.3. The van der Waals surface area contributed by atoms with Crippen LogP contribution < -0.4 is 20.1 Å². The summed E-state index contributed by atoms with van der Waals surface area (Å²) in [5.74, 6) is 3.25. The van der Waals surface area contributed by atoms with Crippen molar-refractivity contribution >= 4 is 23.3 Å². The lowest BCUT2D eigenvalue weighted by Gasteiger charge is -2.13. The number of benzene rings is 2. The number of nitrogens with one attached hydrogen (secondary N) is 2. The molecular formula is C24H26N6O2. The van der Waals surface area contributed by atoms with Gasteiger partial charge in [0.2, 0.25) is 5.95 Å². The predicted octanol–water partition coefficient (Wildman–Crippen LogP) is 5.09.